The van der Waals surface area contributed by atoms with Crippen LogP contribution >= 0.6 is 48.3 Å². The van der Waals surface area contributed by atoms with Gasteiger partial charge in [0.25, 0.3) is 0 Å². The molecule has 0 saturated carbocycles. The van der Waals surface area contributed by atoms with Gasteiger partial charge in [0.05, 0.1) is 0 Å². The van der Waals surface area contributed by atoms with Crippen molar-refractivity contribution in [1.82, 2.24) is 0 Å². The van der Waals surface area contributed by atoms with Gasteiger partial charge >= 0.3 is 308 Å². The van der Waals surface area contributed by atoms with Gasteiger partial charge in [-0.2, -0.15) is 0 Å². The fraction of sp³-hybridized carbons (Fsp3) is 0. The van der Waals surface area contributed by atoms with Crippen molar-refractivity contribution in [3.63, 3.8) is 0 Å². The standard InChI is InChI=1S/6C6H5OP.ClH.2Pd/c6*7-8-6-4-2-1-3-5-6;;;/h6*1-5H;1H;;/q;;;;;;;2*-3/p+6. The van der Waals surface area contributed by atoms with Crippen molar-refractivity contribution in [1.29, 1.82) is 0 Å². The fourth-order valence-corrected chi connectivity index (χ4v) is 60.6. The third kappa shape index (κ3) is 11.7. The molecule has 15 heteroatoms. The van der Waals surface area contributed by atoms with Crippen LogP contribution in [0.3, 0.4) is 0 Å². The Morgan fingerprint density at radius 3 is 0.471 bits per heavy atom. The predicted octanol–water partition coefficient (Wildman–Crippen LogP) is 8.43. The minimum atomic E-state index is -2.37. The first-order valence-corrected chi connectivity index (χ1v) is 36.5. The zero-order chi connectivity index (χ0) is 35.3. The molecule has 0 radical (unpaired) electrons. The van der Waals surface area contributed by atoms with E-state index in [0.29, 0.717) is 31.8 Å². The molecule has 0 aliphatic rings. The first kappa shape index (κ1) is 42.1. The van der Waals surface area contributed by atoms with E-state index in [1.54, 1.807) is 72.8 Å². The molecule has 6 nitrogen and oxygen atoms in total. The van der Waals surface area contributed by atoms with Gasteiger partial charge in [-0.05, 0) is 0 Å². The van der Waals surface area contributed by atoms with Crippen molar-refractivity contribution in [2.45, 2.75) is 0 Å². The van der Waals surface area contributed by atoms with Gasteiger partial charge in [-0.3, -0.25) is 0 Å². The van der Waals surface area contributed by atoms with E-state index in [0.717, 1.165) is 0 Å². The molecule has 0 saturated heterocycles. The summed E-state index contributed by atoms with van der Waals surface area (Å²) in [5.74, 6) is -14.2. The second kappa shape index (κ2) is 21.9. The molecule has 0 bridgehead atoms. The van der Waals surface area contributed by atoms with Gasteiger partial charge in [-0.1, -0.05) is 0 Å². The van der Waals surface area contributed by atoms with Crippen LogP contribution < -0.4 is 31.8 Å². The molecule has 6 atom stereocenters. The van der Waals surface area contributed by atoms with E-state index < -0.39 is 66.5 Å². The molecule has 0 fully saturated rings. The van der Waals surface area contributed by atoms with Crippen LogP contribution in [0.5, 0.6) is 0 Å². The second-order valence-electron chi connectivity index (χ2n) is 10.1. The van der Waals surface area contributed by atoms with Crippen molar-refractivity contribution in [2.24, 2.45) is 0 Å². The summed E-state index contributed by atoms with van der Waals surface area (Å²) in [6.07, 6.45) is 0. The van der Waals surface area contributed by atoms with E-state index in [1.165, 1.54) is 0 Å². The Morgan fingerprint density at radius 1 is 0.235 bits per heavy atom. The zero-order valence-corrected chi connectivity index (χ0v) is 36.7. The number of rotatable bonds is 12. The summed E-state index contributed by atoms with van der Waals surface area (Å²) in [7, 11) is 0. The number of benzene rings is 6. The van der Waals surface area contributed by atoms with Gasteiger partial charge in [0.1, 0.15) is 0 Å². The summed E-state index contributed by atoms with van der Waals surface area (Å²) in [6, 6.07) is 54.4. The summed E-state index contributed by atoms with van der Waals surface area (Å²) in [4.78, 5) is 0. The van der Waals surface area contributed by atoms with Crippen molar-refractivity contribution in [3.05, 3.63) is 182 Å². The molecule has 0 amide bonds. The zero-order valence-electron chi connectivity index (χ0n) is 26.8. The van der Waals surface area contributed by atoms with E-state index >= 15 is 0 Å². The quantitative estimate of drug-likeness (QED) is 0.0902. The Kier molecular flexibility index (Phi) is 18.0. The Hall–Kier alpha value is -1.69. The van der Waals surface area contributed by atoms with Gasteiger partial charge in [0.15, 0.2) is 0 Å². The Bertz CT molecular complexity index is 1720. The summed E-state index contributed by atoms with van der Waals surface area (Å²) < 4.78 is 79.6. The summed E-state index contributed by atoms with van der Waals surface area (Å²) in [6.45, 7) is 0. The summed E-state index contributed by atoms with van der Waals surface area (Å²) in [5.41, 5.74) is 0. The predicted molar refractivity (Wildman–Crippen MR) is 218 cm³/mol. The molecule has 0 aliphatic heterocycles. The van der Waals surface area contributed by atoms with Gasteiger partial charge in [-0.15, -0.1) is 12.4 Å². The maximum atomic E-state index is 13.3. The molecular weight excluding hydrogens is 963 g/mol. The van der Waals surface area contributed by atoms with Crippen molar-refractivity contribution in [2.75, 3.05) is 0 Å². The fourth-order valence-electron chi connectivity index (χ4n) is 4.29. The molecule has 0 spiro atoms. The third-order valence-corrected chi connectivity index (χ3v) is 64.4. The normalized spacial score (nSPS) is 14.8. The van der Waals surface area contributed by atoms with Crippen LogP contribution in [-0.2, 0) is 57.9 Å². The van der Waals surface area contributed by atoms with E-state index in [2.05, 4.69) is 0 Å². The van der Waals surface area contributed by atoms with E-state index in [1.807, 2.05) is 109 Å². The third-order valence-electron chi connectivity index (χ3n) is 6.76. The molecular formula is C36H37ClO6P6Pd2. The Labute approximate surface area is 317 Å². The Balaban J connectivity index is 0.000000224. The molecule has 6 aromatic carbocycles. The molecule has 0 aromatic heterocycles. The first-order chi connectivity index (χ1) is 24.4. The van der Waals surface area contributed by atoms with Crippen LogP contribution in [0.4, 0.5) is 0 Å². The van der Waals surface area contributed by atoms with E-state index in [4.69, 9.17) is 0 Å². The molecule has 6 aromatic rings. The first-order valence-electron chi connectivity index (χ1n) is 15.1. The average Bonchev–Trinajstić information content (AvgIpc) is 3.20. The van der Waals surface area contributed by atoms with Crippen molar-refractivity contribution >= 4 is 80.2 Å². The van der Waals surface area contributed by atoms with Crippen LogP contribution in [-0.4, -0.2) is 0 Å². The maximum absolute atomic E-state index is 13.3. The molecule has 274 valence electrons. The average molecular weight is 1000 g/mol. The summed E-state index contributed by atoms with van der Waals surface area (Å²) in [5, 5.41) is 4.07. The van der Waals surface area contributed by atoms with Gasteiger partial charge in [0, 0.05) is 0 Å². The number of hydrogen-bond acceptors (Lipinski definition) is 6. The molecule has 0 aliphatic carbocycles. The van der Waals surface area contributed by atoms with Gasteiger partial charge in [-0.25, -0.2) is 0 Å². The molecule has 6 rings (SSSR count). The SMILES string of the molecule is Cl.O=[PH](c1ccccc1)[Pd]([PH](=O)c1ccccc1)[PH](=O)c1ccccc1.O=[PH](c1ccccc1)[Pd]([PH](=O)c1ccccc1)[PH](=O)c1ccccc1. The molecule has 51 heavy (non-hydrogen) atoms. The van der Waals surface area contributed by atoms with Crippen LogP contribution in [0.1, 0.15) is 0 Å². The molecule has 0 heterocycles. The molecule has 6 unspecified atom stereocenters. The van der Waals surface area contributed by atoms with Crippen LogP contribution in [0, 0.1) is 0 Å². The van der Waals surface area contributed by atoms with Gasteiger partial charge < -0.3 is 0 Å². The monoisotopic (exact) mass is 998 g/mol. The van der Waals surface area contributed by atoms with Crippen molar-refractivity contribution in [3.8, 4) is 0 Å². The van der Waals surface area contributed by atoms with Crippen LogP contribution in [0.25, 0.3) is 0 Å². The molecule has 0 N–H and O–H groups in total. The summed E-state index contributed by atoms with van der Waals surface area (Å²) >= 11 is -4.56. The number of halogens is 1. The minimum absolute atomic E-state index is 0. The van der Waals surface area contributed by atoms with Gasteiger partial charge in [0.2, 0.25) is 0 Å². The van der Waals surface area contributed by atoms with E-state index in [-0.39, 0.29) is 12.4 Å². The second-order valence-corrected chi connectivity index (χ2v) is 54.0. The van der Waals surface area contributed by atoms with Crippen molar-refractivity contribution < 1.29 is 57.9 Å². The van der Waals surface area contributed by atoms with Crippen LogP contribution in [0.2, 0.25) is 0 Å². The topological polar surface area (TPSA) is 102 Å². The van der Waals surface area contributed by atoms with Crippen LogP contribution in [0.15, 0.2) is 182 Å². The van der Waals surface area contributed by atoms with E-state index in [9.17, 15) is 27.4 Å². The Morgan fingerprint density at radius 2 is 0.353 bits per heavy atom. The number of hydrogen-bond donors (Lipinski definition) is 0.